The predicted molar refractivity (Wildman–Crippen MR) is 181 cm³/mol. The van der Waals surface area contributed by atoms with Crippen molar-refractivity contribution in [2.75, 3.05) is 45.7 Å². The monoisotopic (exact) mass is 703 g/mol. The lowest BCUT2D eigenvalue weighted by Gasteiger charge is -2.40. The third-order valence-corrected chi connectivity index (χ3v) is 9.67. The molecule has 1 aromatic heterocycles. The number of piperazine rings is 1. The van der Waals surface area contributed by atoms with Crippen molar-refractivity contribution in [3.63, 3.8) is 0 Å². The summed E-state index contributed by atoms with van der Waals surface area (Å²) in [4.78, 5) is 57.3. The van der Waals surface area contributed by atoms with Crippen molar-refractivity contribution >= 4 is 29.3 Å². The van der Waals surface area contributed by atoms with Crippen molar-refractivity contribution in [1.82, 2.24) is 30.2 Å². The normalized spacial score (nSPS) is 20.2. The molecule has 0 bridgehead atoms. The van der Waals surface area contributed by atoms with Crippen LogP contribution in [0, 0.1) is 11.7 Å². The number of methoxy groups -OCH3 is 1. The molecular weight excluding hydrogens is 655 g/mol. The average molecular weight is 704 g/mol. The number of carbonyl (C=O) groups excluding carboxylic acids is 4. The first kappa shape index (κ1) is 38.6. The zero-order valence-corrected chi connectivity index (χ0v) is 29.5. The van der Waals surface area contributed by atoms with Crippen LogP contribution in [0.2, 0.25) is 0 Å². The predicted octanol–water partition coefficient (Wildman–Crippen LogP) is 4.08. The summed E-state index contributed by atoms with van der Waals surface area (Å²) >= 11 is 0. The number of nitrogens with zero attached hydrogens (tertiary/aromatic N) is 4. The third-order valence-electron chi connectivity index (χ3n) is 9.67. The van der Waals surface area contributed by atoms with Crippen LogP contribution in [-0.2, 0) is 19.1 Å². The summed E-state index contributed by atoms with van der Waals surface area (Å²) in [5.41, 5.74) is 0.321. The average Bonchev–Trinajstić information content (AvgIpc) is 3.59. The Hall–Kier alpha value is -4.24. The van der Waals surface area contributed by atoms with Crippen LogP contribution in [0.5, 0.6) is 0 Å². The minimum Gasteiger partial charge on any atom is -0.375 e. The molecular formula is C35H48F3N7O5. The number of likely N-dealkylation sites (N-methyl/N-ethyl adjacent to an activating group) is 1. The van der Waals surface area contributed by atoms with E-state index < -0.39 is 53.5 Å². The Balaban J connectivity index is 1.57. The van der Waals surface area contributed by atoms with Gasteiger partial charge in [-0.1, -0.05) is 13.0 Å². The maximum atomic E-state index is 15.7. The summed E-state index contributed by atoms with van der Waals surface area (Å²) < 4.78 is 49.4. The number of hydrogen-bond acceptors (Lipinski definition) is 7. The largest absolute Gasteiger partial charge is 0.375 e. The van der Waals surface area contributed by atoms with Crippen molar-refractivity contribution in [3.8, 4) is 0 Å². The van der Waals surface area contributed by atoms with E-state index in [1.165, 1.54) is 36.2 Å². The molecule has 274 valence electrons. The fourth-order valence-corrected chi connectivity index (χ4v) is 6.58. The second kappa shape index (κ2) is 17.1. The van der Waals surface area contributed by atoms with Gasteiger partial charge in [0.15, 0.2) is 0 Å². The summed E-state index contributed by atoms with van der Waals surface area (Å²) in [5.74, 6) is -4.32. The van der Waals surface area contributed by atoms with Crippen LogP contribution >= 0.6 is 0 Å². The van der Waals surface area contributed by atoms with Gasteiger partial charge in [0.2, 0.25) is 17.7 Å². The Labute approximate surface area is 290 Å². The number of benzene rings is 1. The van der Waals surface area contributed by atoms with Gasteiger partial charge in [0.05, 0.1) is 5.69 Å². The van der Waals surface area contributed by atoms with Gasteiger partial charge in [-0.3, -0.25) is 23.9 Å². The highest BCUT2D eigenvalue weighted by Gasteiger charge is 2.36. The Morgan fingerprint density at radius 3 is 2.46 bits per heavy atom. The number of allylic oxidation sites excluding steroid dienone is 1. The van der Waals surface area contributed by atoms with Gasteiger partial charge in [0.1, 0.15) is 30.2 Å². The highest BCUT2D eigenvalue weighted by Crippen LogP contribution is 2.34. The molecule has 0 radical (unpaired) electrons. The molecule has 1 saturated heterocycles. The van der Waals surface area contributed by atoms with Crippen molar-refractivity contribution in [2.45, 2.75) is 83.5 Å². The second-order valence-corrected chi connectivity index (χ2v) is 13.5. The fraction of sp³-hybridized carbons (Fsp3) is 0.571. The molecule has 2 aliphatic rings. The van der Waals surface area contributed by atoms with Crippen molar-refractivity contribution in [1.29, 1.82) is 0 Å². The van der Waals surface area contributed by atoms with E-state index in [0.29, 0.717) is 38.0 Å². The molecule has 50 heavy (non-hydrogen) atoms. The number of anilines is 1. The van der Waals surface area contributed by atoms with E-state index in [4.69, 9.17) is 4.74 Å². The molecule has 1 aliphatic carbocycles. The molecule has 2 fully saturated rings. The first-order chi connectivity index (χ1) is 23.7. The van der Waals surface area contributed by atoms with Gasteiger partial charge >= 0.3 is 0 Å². The number of carbonyl (C=O) groups is 4. The van der Waals surface area contributed by atoms with Crippen molar-refractivity contribution in [3.05, 3.63) is 59.2 Å². The minimum absolute atomic E-state index is 0.0715. The van der Waals surface area contributed by atoms with Gasteiger partial charge in [-0.2, -0.15) is 13.9 Å². The van der Waals surface area contributed by atoms with Gasteiger partial charge < -0.3 is 30.5 Å². The molecule has 1 aromatic carbocycles. The zero-order valence-electron chi connectivity index (χ0n) is 29.5. The molecule has 4 rings (SSSR count). The first-order valence-corrected chi connectivity index (χ1v) is 17.0. The highest BCUT2D eigenvalue weighted by molar-refractivity contribution is 6.01. The van der Waals surface area contributed by atoms with Gasteiger partial charge in [-0.25, -0.2) is 4.39 Å². The lowest BCUT2D eigenvalue weighted by atomic mass is 9.81. The fourth-order valence-electron chi connectivity index (χ4n) is 6.58. The van der Waals surface area contributed by atoms with E-state index in [0.717, 1.165) is 0 Å². The Morgan fingerprint density at radius 1 is 1.08 bits per heavy atom. The Bertz CT molecular complexity index is 1580. The zero-order chi connectivity index (χ0) is 36.7. The lowest BCUT2D eigenvalue weighted by molar-refractivity contribution is -0.140. The van der Waals surface area contributed by atoms with Gasteiger partial charge in [0, 0.05) is 50.9 Å². The standard InChI is InChI=1S/C35H48F3N7O5/c1-20(2)45-28(12-13-39-45)33(47)42-31(24-8-7-9-25(16-24)32(37)38)34(48)40-27-11-10-23(17-26(27)36)22(4)30(41-29(46)19-50-6)35(49)44-15-14-43(5)21(3)18-44/h10-13,17,20-22,24,30-31H,7-9,14-16,18-19H2,1-6H3,(H,40,48)(H,41,46)(H,42,47)/t21-,22+,24?,30-,31?/m1/s1. The van der Waals surface area contributed by atoms with Crippen LogP contribution in [0.25, 0.3) is 0 Å². The first-order valence-electron chi connectivity index (χ1n) is 17.0. The Kier molecular flexibility index (Phi) is 13.2. The van der Waals surface area contributed by atoms with Crippen LogP contribution in [0.4, 0.5) is 18.9 Å². The van der Waals surface area contributed by atoms with E-state index in [-0.39, 0.29) is 54.4 Å². The molecule has 2 heterocycles. The maximum absolute atomic E-state index is 15.7. The molecule has 2 unspecified atom stereocenters. The molecule has 1 saturated carbocycles. The van der Waals surface area contributed by atoms with Crippen molar-refractivity contribution in [2.24, 2.45) is 5.92 Å². The Morgan fingerprint density at radius 2 is 1.82 bits per heavy atom. The van der Waals surface area contributed by atoms with Gasteiger partial charge in [-0.15, -0.1) is 0 Å². The number of halogens is 3. The summed E-state index contributed by atoms with van der Waals surface area (Å²) in [7, 11) is 3.34. The maximum Gasteiger partial charge on any atom is 0.270 e. The lowest BCUT2D eigenvalue weighted by Crippen LogP contribution is -2.58. The van der Waals surface area contributed by atoms with E-state index >= 15 is 4.39 Å². The van der Waals surface area contributed by atoms with Crippen LogP contribution in [0.3, 0.4) is 0 Å². The van der Waals surface area contributed by atoms with Crippen molar-refractivity contribution < 1.29 is 37.1 Å². The van der Waals surface area contributed by atoms with Crippen LogP contribution in [0.1, 0.15) is 81.4 Å². The SMILES string of the molecule is COCC(=O)N[C@@H](C(=O)N1CCN(C)[C@H](C)C1)[C@@H](C)c1ccc(NC(=O)C(NC(=O)c2ccnn2C(C)C)C2CCCC(=C(F)F)C2)c(F)c1. The molecule has 0 spiro atoms. The molecule has 2 aromatic rings. The van der Waals surface area contributed by atoms with E-state index in [1.807, 2.05) is 27.8 Å². The molecule has 3 N–H and O–H groups in total. The minimum atomic E-state index is -1.80. The number of amides is 4. The smallest absolute Gasteiger partial charge is 0.270 e. The topological polar surface area (TPSA) is 138 Å². The summed E-state index contributed by atoms with van der Waals surface area (Å²) in [6, 6.07) is 3.25. The third kappa shape index (κ3) is 9.30. The molecule has 1 aliphatic heterocycles. The van der Waals surface area contributed by atoms with E-state index in [1.54, 1.807) is 17.9 Å². The molecule has 5 atom stereocenters. The number of aromatic nitrogens is 2. The summed E-state index contributed by atoms with van der Waals surface area (Å²) in [6.07, 6.45) is 0.544. The molecule has 15 heteroatoms. The number of rotatable bonds is 12. The molecule has 4 amide bonds. The van der Waals surface area contributed by atoms with Gasteiger partial charge in [-0.05, 0) is 88.8 Å². The van der Waals surface area contributed by atoms with Gasteiger partial charge in [0.25, 0.3) is 12.0 Å². The quantitative estimate of drug-likeness (QED) is 0.303. The summed E-state index contributed by atoms with van der Waals surface area (Å²) in [6.45, 7) is 8.71. The van der Waals surface area contributed by atoms with E-state index in [2.05, 4.69) is 25.9 Å². The van der Waals surface area contributed by atoms with Crippen LogP contribution in [0.15, 0.2) is 42.1 Å². The number of ether oxygens (including phenoxy) is 1. The summed E-state index contributed by atoms with van der Waals surface area (Å²) in [5, 5.41) is 12.2. The highest BCUT2D eigenvalue weighted by atomic mass is 19.3. The van der Waals surface area contributed by atoms with Crippen LogP contribution < -0.4 is 16.0 Å². The van der Waals surface area contributed by atoms with Crippen LogP contribution in [-0.4, -0.2) is 102 Å². The van der Waals surface area contributed by atoms with E-state index in [9.17, 15) is 28.0 Å². The second-order valence-electron chi connectivity index (χ2n) is 13.5. The molecule has 12 nitrogen and oxygen atoms in total. The number of hydrogen-bond donors (Lipinski definition) is 3. The number of nitrogens with one attached hydrogen (secondary N) is 3.